The number of rotatable bonds is 4. The fraction of sp³-hybridized carbons (Fsp3) is 0.444. The lowest BCUT2D eigenvalue weighted by molar-refractivity contribution is 0.0740. The lowest BCUT2D eigenvalue weighted by Crippen LogP contribution is -2.34. The van der Waals surface area contributed by atoms with Crippen molar-refractivity contribution in [1.82, 2.24) is 9.88 Å². The van der Waals surface area contributed by atoms with Crippen LogP contribution < -0.4 is 5.73 Å². The van der Waals surface area contributed by atoms with E-state index in [0.29, 0.717) is 18.2 Å². The molecule has 0 radical (unpaired) electrons. The zero-order valence-corrected chi connectivity index (χ0v) is 15.7. The lowest BCUT2D eigenvalue weighted by atomic mass is 9.93. The van der Waals surface area contributed by atoms with Crippen molar-refractivity contribution in [3.05, 3.63) is 51.5 Å². The van der Waals surface area contributed by atoms with Crippen LogP contribution in [0.4, 0.5) is 0 Å². The highest BCUT2D eigenvalue weighted by Gasteiger charge is 2.34. The Morgan fingerprint density at radius 1 is 1.42 bits per heavy atom. The maximum absolute atomic E-state index is 12.8. The average Bonchev–Trinajstić information content (AvgIpc) is 3.14. The van der Waals surface area contributed by atoms with Crippen LogP contribution in [-0.2, 0) is 6.42 Å². The zero-order chi connectivity index (χ0) is 16.4. The summed E-state index contributed by atoms with van der Waals surface area (Å²) in [5.41, 5.74) is 8.79. The number of hydrogen-bond acceptors (Lipinski definition) is 4. The number of benzene rings is 1. The molecular formula is C18H24ClN3OS. The summed E-state index contributed by atoms with van der Waals surface area (Å²) < 4.78 is 0. The zero-order valence-electron chi connectivity index (χ0n) is 14.1. The van der Waals surface area contributed by atoms with Gasteiger partial charge in [0.15, 0.2) is 0 Å². The summed E-state index contributed by atoms with van der Waals surface area (Å²) in [7, 11) is 0. The highest BCUT2D eigenvalue weighted by molar-refractivity contribution is 7.09. The highest BCUT2D eigenvalue weighted by atomic mass is 35.5. The molecule has 1 fully saturated rings. The summed E-state index contributed by atoms with van der Waals surface area (Å²) in [6, 6.07) is 8.71. The third-order valence-electron chi connectivity index (χ3n) is 4.59. The van der Waals surface area contributed by atoms with Crippen LogP contribution in [0, 0.1) is 6.92 Å². The Labute approximate surface area is 153 Å². The van der Waals surface area contributed by atoms with Gasteiger partial charge in [-0.2, -0.15) is 0 Å². The van der Waals surface area contributed by atoms with Crippen LogP contribution in [0.5, 0.6) is 0 Å². The number of thiazole rings is 1. The fourth-order valence-corrected chi connectivity index (χ4v) is 4.17. The van der Waals surface area contributed by atoms with Crippen molar-refractivity contribution in [3.8, 4) is 0 Å². The largest absolute Gasteiger partial charge is 0.334 e. The quantitative estimate of drug-likeness (QED) is 0.903. The van der Waals surface area contributed by atoms with Crippen LogP contribution in [0.3, 0.4) is 0 Å². The number of aromatic nitrogens is 1. The number of halogens is 1. The minimum absolute atomic E-state index is 0. The summed E-state index contributed by atoms with van der Waals surface area (Å²) in [6.07, 6.45) is 1.75. The number of nitrogens with zero attached hydrogens (tertiary/aromatic N) is 2. The Kier molecular flexibility index (Phi) is 6.38. The smallest absolute Gasteiger partial charge is 0.273 e. The van der Waals surface area contributed by atoms with Gasteiger partial charge in [0.2, 0.25) is 0 Å². The molecule has 130 valence electrons. The van der Waals surface area contributed by atoms with Gasteiger partial charge >= 0.3 is 0 Å². The predicted octanol–water partition coefficient (Wildman–Crippen LogP) is 3.39. The minimum atomic E-state index is 0. The molecule has 2 aromatic rings. The fourth-order valence-electron chi connectivity index (χ4n) is 3.38. The molecule has 1 amide bonds. The molecule has 0 saturated carbocycles. The van der Waals surface area contributed by atoms with E-state index in [9.17, 15) is 4.79 Å². The molecule has 0 aliphatic carbocycles. The first-order chi connectivity index (χ1) is 11.1. The Hall–Kier alpha value is -1.43. The Morgan fingerprint density at radius 3 is 2.88 bits per heavy atom. The van der Waals surface area contributed by atoms with Crippen molar-refractivity contribution in [3.63, 3.8) is 0 Å². The van der Waals surface area contributed by atoms with Gasteiger partial charge in [0.25, 0.3) is 5.91 Å². The number of carbonyl (C=O) groups is 1. The minimum Gasteiger partial charge on any atom is -0.334 e. The first-order valence-electron chi connectivity index (χ1n) is 8.11. The van der Waals surface area contributed by atoms with Gasteiger partial charge in [-0.25, -0.2) is 4.98 Å². The number of hydrogen-bond donors (Lipinski definition) is 1. The second-order valence-corrected chi connectivity index (χ2v) is 7.20. The summed E-state index contributed by atoms with van der Waals surface area (Å²) in [4.78, 5) is 19.2. The Balaban J connectivity index is 0.00000208. The van der Waals surface area contributed by atoms with Gasteiger partial charge in [0, 0.05) is 30.3 Å². The number of likely N-dealkylation sites (tertiary alicyclic amines) is 1. The Bertz CT molecular complexity index is 703. The summed E-state index contributed by atoms with van der Waals surface area (Å²) in [5, 5.41) is 2.80. The van der Waals surface area contributed by atoms with Crippen LogP contribution in [-0.4, -0.2) is 34.9 Å². The molecule has 2 unspecified atom stereocenters. The predicted molar refractivity (Wildman–Crippen MR) is 101 cm³/mol. The van der Waals surface area contributed by atoms with E-state index in [1.54, 1.807) is 0 Å². The van der Waals surface area contributed by atoms with Crippen LogP contribution >= 0.6 is 23.7 Å². The SMILES string of the molecule is Cc1ccccc1C1CC(C)N(C(=O)c2csc(CCN)n2)C1.Cl. The molecule has 2 atom stereocenters. The monoisotopic (exact) mass is 365 g/mol. The summed E-state index contributed by atoms with van der Waals surface area (Å²) in [6.45, 7) is 5.61. The highest BCUT2D eigenvalue weighted by Crippen LogP contribution is 2.34. The van der Waals surface area contributed by atoms with Gasteiger partial charge in [0.1, 0.15) is 5.69 Å². The van der Waals surface area contributed by atoms with Crippen molar-refractivity contribution >= 4 is 29.7 Å². The van der Waals surface area contributed by atoms with Crippen LogP contribution in [0.2, 0.25) is 0 Å². The van der Waals surface area contributed by atoms with Crippen molar-refractivity contribution in [2.45, 2.75) is 38.6 Å². The first kappa shape index (κ1) is 18.9. The van der Waals surface area contributed by atoms with Crippen LogP contribution in [0.1, 0.15) is 45.9 Å². The molecule has 0 spiro atoms. The van der Waals surface area contributed by atoms with Crippen molar-refractivity contribution in [1.29, 1.82) is 0 Å². The van der Waals surface area contributed by atoms with E-state index >= 15 is 0 Å². The summed E-state index contributed by atoms with van der Waals surface area (Å²) >= 11 is 1.52. The van der Waals surface area contributed by atoms with Gasteiger partial charge in [-0.05, 0) is 37.9 Å². The number of aryl methyl sites for hydroxylation is 1. The number of nitrogens with two attached hydrogens (primary N) is 1. The maximum Gasteiger partial charge on any atom is 0.273 e. The second kappa shape index (κ2) is 8.10. The molecular weight excluding hydrogens is 342 g/mol. The van der Waals surface area contributed by atoms with Crippen LogP contribution in [0.25, 0.3) is 0 Å². The second-order valence-electron chi connectivity index (χ2n) is 6.26. The average molecular weight is 366 g/mol. The van der Waals surface area contributed by atoms with E-state index in [-0.39, 0.29) is 24.4 Å². The van der Waals surface area contributed by atoms with Crippen molar-refractivity contribution in [2.24, 2.45) is 5.73 Å². The number of amides is 1. The molecule has 6 heteroatoms. The standard InChI is InChI=1S/C18H23N3OS.ClH/c1-12-5-3-4-6-15(12)14-9-13(2)21(10-14)18(22)16-11-23-17(20-16)7-8-19;/h3-6,11,13-14H,7-10,19H2,1-2H3;1H. The van der Waals surface area contributed by atoms with Gasteiger partial charge in [0.05, 0.1) is 5.01 Å². The molecule has 2 N–H and O–H groups in total. The lowest BCUT2D eigenvalue weighted by Gasteiger charge is -2.20. The molecule has 1 aliphatic rings. The van der Waals surface area contributed by atoms with Gasteiger partial charge in [-0.15, -0.1) is 23.7 Å². The van der Waals surface area contributed by atoms with E-state index in [1.807, 2.05) is 10.3 Å². The van der Waals surface area contributed by atoms with E-state index in [2.05, 4.69) is 43.1 Å². The molecule has 1 aromatic carbocycles. The van der Waals surface area contributed by atoms with Crippen LogP contribution in [0.15, 0.2) is 29.6 Å². The molecule has 1 aromatic heterocycles. The van der Waals surface area contributed by atoms with Crippen molar-refractivity contribution < 1.29 is 4.79 Å². The normalized spacial score (nSPS) is 20.0. The van der Waals surface area contributed by atoms with Gasteiger partial charge in [-0.1, -0.05) is 24.3 Å². The first-order valence-corrected chi connectivity index (χ1v) is 8.99. The number of carbonyl (C=O) groups excluding carboxylic acids is 1. The maximum atomic E-state index is 12.8. The Morgan fingerprint density at radius 2 is 2.17 bits per heavy atom. The molecule has 0 bridgehead atoms. The molecule has 1 saturated heterocycles. The molecule has 24 heavy (non-hydrogen) atoms. The van der Waals surface area contributed by atoms with Gasteiger partial charge < -0.3 is 10.6 Å². The third kappa shape index (κ3) is 3.79. The van der Waals surface area contributed by atoms with E-state index < -0.39 is 0 Å². The molecule has 1 aliphatic heterocycles. The molecule has 2 heterocycles. The molecule has 3 rings (SSSR count). The van der Waals surface area contributed by atoms with Gasteiger partial charge in [-0.3, -0.25) is 4.79 Å². The van der Waals surface area contributed by atoms with E-state index in [1.165, 1.54) is 22.5 Å². The third-order valence-corrected chi connectivity index (χ3v) is 5.50. The summed E-state index contributed by atoms with van der Waals surface area (Å²) in [5.74, 6) is 0.463. The molecule has 4 nitrogen and oxygen atoms in total. The van der Waals surface area contributed by atoms with Crippen molar-refractivity contribution in [2.75, 3.05) is 13.1 Å². The topological polar surface area (TPSA) is 59.2 Å². The van der Waals surface area contributed by atoms with E-state index in [0.717, 1.165) is 24.4 Å². The van der Waals surface area contributed by atoms with E-state index in [4.69, 9.17) is 5.73 Å².